The molecule has 172 valence electrons. The Morgan fingerprint density at radius 2 is 2.00 bits per heavy atom. The highest BCUT2D eigenvalue weighted by atomic mass is 35.5. The molecule has 1 saturated carbocycles. The van der Waals surface area contributed by atoms with Crippen molar-refractivity contribution in [3.05, 3.63) is 75.3 Å². The molecule has 0 saturated heterocycles. The van der Waals surface area contributed by atoms with Crippen LogP contribution in [0.5, 0.6) is 11.5 Å². The number of nitrogens with zero attached hydrogens (tertiary/aromatic N) is 1. The number of nitrogens with one attached hydrogen (secondary N) is 1. The van der Waals surface area contributed by atoms with Gasteiger partial charge < -0.3 is 14.8 Å². The number of nitriles is 1. The maximum absolute atomic E-state index is 12.6. The van der Waals surface area contributed by atoms with Gasteiger partial charge in [-0.15, -0.1) is 6.58 Å². The summed E-state index contributed by atoms with van der Waals surface area (Å²) in [4.78, 5) is 12.6. The molecule has 7 heteroatoms. The van der Waals surface area contributed by atoms with Crippen molar-refractivity contribution in [2.45, 2.75) is 44.8 Å². The number of halogens is 2. The number of hydrogen-bond acceptors (Lipinski definition) is 4. The first-order valence-electron chi connectivity index (χ1n) is 10.8. The highest BCUT2D eigenvalue weighted by molar-refractivity contribution is 6.35. The lowest BCUT2D eigenvalue weighted by atomic mass is 10.0. The minimum atomic E-state index is -0.355. The lowest BCUT2D eigenvalue weighted by Gasteiger charge is -2.17. The smallest absolute Gasteiger partial charge is 0.262 e. The number of hydrogen-bond donors (Lipinski definition) is 1. The van der Waals surface area contributed by atoms with Crippen molar-refractivity contribution in [1.82, 2.24) is 5.32 Å². The minimum absolute atomic E-state index is 0.0510. The van der Waals surface area contributed by atoms with Crippen LogP contribution in [0.4, 0.5) is 0 Å². The predicted octanol–water partition coefficient (Wildman–Crippen LogP) is 6.28. The highest BCUT2D eigenvalue weighted by Crippen LogP contribution is 2.35. The Bertz CT molecular complexity index is 1100. The zero-order valence-electron chi connectivity index (χ0n) is 18.5. The van der Waals surface area contributed by atoms with Crippen LogP contribution in [-0.4, -0.2) is 19.1 Å². The summed E-state index contributed by atoms with van der Waals surface area (Å²) in [7, 11) is 1.54. The van der Waals surface area contributed by atoms with E-state index >= 15 is 0 Å². The second-order valence-electron chi connectivity index (χ2n) is 7.85. The second kappa shape index (κ2) is 11.8. The van der Waals surface area contributed by atoms with Crippen molar-refractivity contribution in [2.24, 2.45) is 0 Å². The number of benzene rings is 2. The van der Waals surface area contributed by atoms with E-state index in [1.54, 1.807) is 37.5 Å². The van der Waals surface area contributed by atoms with Gasteiger partial charge in [-0.25, -0.2) is 0 Å². The van der Waals surface area contributed by atoms with Crippen molar-refractivity contribution >= 4 is 35.2 Å². The van der Waals surface area contributed by atoms with Crippen LogP contribution in [0.25, 0.3) is 6.08 Å². The maximum atomic E-state index is 12.6. The molecule has 0 aromatic heterocycles. The lowest BCUT2D eigenvalue weighted by molar-refractivity contribution is -0.117. The van der Waals surface area contributed by atoms with E-state index in [9.17, 15) is 10.1 Å². The Balaban J connectivity index is 1.88. The lowest BCUT2D eigenvalue weighted by Crippen LogP contribution is -2.33. The van der Waals surface area contributed by atoms with Gasteiger partial charge in [-0.1, -0.05) is 48.2 Å². The molecule has 33 heavy (non-hydrogen) atoms. The first kappa shape index (κ1) is 24.7. The van der Waals surface area contributed by atoms with E-state index in [0.717, 1.165) is 36.8 Å². The van der Waals surface area contributed by atoms with E-state index in [4.69, 9.17) is 32.7 Å². The van der Waals surface area contributed by atoms with Gasteiger partial charge in [0.15, 0.2) is 11.5 Å². The van der Waals surface area contributed by atoms with Crippen LogP contribution in [0.2, 0.25) is 10.0 Å². The summed E-state index contributed by atoms with van der Waals surface area (Å²) < 4.78 is 11.6. The number of methoxy groups -OCH3 is 1. The first-order valence-corrected chi connectivity index (χ1v) is 11.5. The highest BCUT2D eigenvalue weighted by Gasteiger charge is 2.20. The van der Waals surface area contributed by atoms with Gasteiger partial charge in [-0.2, -0.15) is 5.26 Å². The fourth-order valence-corrected chi connectivity index (χ4v) is 4.29. The molecule has 0 aliphatic heterocycles. The number of ether oxygens (including phenoxy) is 2. The van der Waals surface area contributed by atoms with E-state index in [1.165, 1.54) is 0 Å². The van der Waals surface area contributed by atoms with Crippen LogP contribution in [0.1, 0.15) is 42.4 Å². The van der Waals surface area contributed by atoms with Crippen molar-refractivity contribution < 1.29 is 14.3 Å². The third-order valence-electron chi connectivity index (χ3n) is 5.49. The second-order valence-corrected chi connectivity index (χ2v) is 8.70. The Hall–Kier alpha value is -2.94. The molecule has 0 spiro atoms. The maximum Gasteiger partial charge on any atom is 0.262 e. The Morgan fingerprint density at radius 1 is 1.24 bits per heavy atom. The topological polar surface area (TPSA) is 71.4 Å². The van der Waals surface area contributed by atoms with Crippen LogP contribution in [0, 0.1) is 11.3 Å². The van der Waals surface area contributed by atoms with Crippen LogP contribution in [-0.2, 0) is 17.8 Å². The van der Waals surface area contributed by atoms with Crippen molar-refractivity contribution in [3.8, 4) is 17.6 Å². The van der Waals surface area contributed by atoms with Crippen molar-refractivity contribution in [3.63, 3.8) is 0 Å². The summed E-state index contributed by atoms with van der Waals surface area (Å²) >= 11 is 12.2. The molecule has 1 fully saturated rings. The average molecular weight is 485 g/mol. The molecular formula is C26H26Cl2N2O3. The predicted molar refractivity (Wildman–Crippen MR) is 132 cm³/mol. The number of allylic oxidation sites excluding steroid dienone is 1. The van der Waals surface area contributed by atoms with E-state index in [0.29, 0.717) is 33.5 Å². The molecule has 0 bridgehead atoms. The third kappa shape index (κ3) is 6.54. The van der Waals surface area contributed by atoms with E-state index < -0.39 is 0 Å². The fourth-order valence-electron chi connectivity index (χ4n) is 3.83. The van der Waals surface area contributed by atoms with Crippen LogP contribution >= 0.6 is 23.2 Å². The van der Waals surface area contributed by atoms with Crippen molar-refractivity contribution in [2.75, 3.05) is 7.11 Å². The van der Waals surface area contributed by atoms with Gasteiger partial charge in [0.2, 0.25) is 0 Å². The van der Waals surface area contributed by atoms with Crippen LogP contribution < -0.4 is 14.8 Å². The molecule has 2 aromatic carbocycles. The molecule has 1 aliphatic rings. The average Bonchev–Trinajstić information content (AvgIpc) is 3.30. The van der Waals surface area contributed by atoms with Crippen molar-refractivity contribution in [1.29, 1.82) is 5.26 Å². The number of rotatable bonds is 9. The third-order valence-corrected chi connectivity index (χ3v) is 6.08. The standard InChI is InChI=1S/C26H26Cl2N2O3/c1-3-6-18-11-17(12-20(15-29)26(31)30-22-7-4-5-8-22)13-24(32-2)25(18)33-16-19-9-10-21(27)14-23(19)28/h3,9-14,22H,1,4-8,16H2,2H3,(H,30,31)/b20-12-. The Kier molecular flexibility index (Phi) is 8.82. The molecule has 1 amide bonds. The van der Waals surface area contributed by atoms with Gasteiger partial charge in [0.25, 0.3) is 5.91 Å². The quantitative estimate of drug-likeness (QED) is 0.258. The number of carbonyl (C=O) groups excluding carboxylic acids is 1. The monoisotopic (exact) mass is 484 g/mol. The molecule has 1 aliphatic carbocycles. The first-order chi connectivity index (χ1) is 15.9. The molecule has 0 atom stereocenters. The summed E-state index contributed by atoms with van der Waals surface area (Å²) in [5.41, 5.74) is 2.31. The molecule has 0 heterocycles. The van der Waals surface area contributed by atoms with Gasteiger partial charge in [0.05, 0.1) is 7.11 Å². The van der Waals surface area contributed by atoms with Crippen LogP contribution in [0.3, 0.4) is 0 Å². The minimum Gasteiger partial charge on any atom is -0.493 e. The molecule has 5 nitrogen and oxygen atoms in total. The van der Waals surface area contributed by atoms with Gasteiger partial charge in [0.1, 0.15) is 18.2 Å². The van der Waals surface area contributed by atoms with E-state index in [1.807, 2.05) is 18.2 Å². The summed E-state index contributed by atoms with van der Waals surface area (Å²) in [6.45, 7) is 4.04. The SMILES string of the molecule is C=CCc1cc(/C=C(/C#N)C(=O)NC2CCCC2)cc(OC)c1OCc1ccc(Cl)cc1Cl. The van der Waals surface area contributed by atoms with Gasteiger partial charge in [-0.3, -0.25) is 4.79 Å². The van der Waals surface area contributed by atoms with E-state index in [2.05, 4.69) is 11.9 Å². The summed E-state index contributed by atoms with van der Waals surface area (Å²) in [5, 5.41) is 13.6. The normalized spacial score (nSPS) is 13.9. The Labute approximate surface area is 204 Å². The van der Waals surface area contributed by atoms with Gasteiger partial charge in [0, 0.05) is 27.2 Å². The molecule has 0 unspecified atom stereocenters. The van der Waals surface area contributed by atoms with Crippen LogP contribution in [0.15, 0.2) is 48.6 Å². The molecule has 3 rings (SSSR count). The largest absolute Gasteiger partial charge is 0.493 e. The number of carbonyl (C=O) groups is 1. The molecule has 2 aromatic rings. The summed E-state index contributed by atoms with van der Waals surface area (Å²) in [6.07, 6.45) is 7.93. The fraction of sp³-hybridized carbons (Fsp3) is 0.308. The molecule has 1 N–H and O–H groups in total. The van der Waals surface area contributed by atoms with Gasteiger partial charge >= 0.3 is 0 Å². The van der Waals surface area contributed by atoms with Gasteiger partial charge in [-0.05, 0) is 55.2 Å². The summed E-state index contributed by atoms with van der Waals surface area (Å²) in [6, 6.07) is 11.0. The summed E-state index contributed by atoms with van der Waals surface area (Å²) in [5.74, 6) is 0.681. The number of amides is 1. The van der Waals surface area contributed by atoms with E-state index in [-0.39, 0.29) is 24.1 Å². The zero-order valence-corrected chi connectivity index (χ0v) is 20.0. The zero-order chi connectivity index (χ0) is 23.8. The molecular weight excluding hydrogens is 459 g/mol. The Morgan fingerprint density at radius 3 is 2.64 bits per heavy atom. The molecule has 0 radical (unpaired) electrons.